The number of ether oxygens (including phenoxy) is 1. The highest BCUT2D eigenvalue weighted by atomic mass is 16.5. The van der Waals surface area contributed by atoms with Gasteiger partial charge in [0.1, 0.15) is 5.75 Å². The Morgan fingerprint density at radius 2 is 1.83 bits per heavy atom. The molecule has 1 saturated heterocycles. The average molecular weight is 323 g/mol. The van der Waals surface area contributed by atoms with Gasteiger partial charge in [-0.25, -0.2) is 0 Å². The Kier molecular flexibility index (Phi) is 5.19. The molecule has 1 heterocycles. The van der Waals surface area contributed by atoms with Crippen LogP contribution in [-0.4, -0.2) is 24.5 Å². The maximum atomic E-state index is 12.8. The number of hydrogen-bond donors (Lipinski definition) is 0. The zero-order chi connectivity index (χ0) is 16.9. The minimum atomic E-state index is 0.126. The van der Waals surface area contributed by atoms with E-state index >= 15 is 0 Å². The molecule has 3 heteroatoms. The second kappa shape index (κ2) is 7.52. The van der Waals surface area contributed by atoms with Gasteiger partial charge in [0.15, 0.2) is 0 Å². The maximum Gasteiger partial charge on any atom is 0.226 e. The summed E-state index contributed by atoms with van der Waals surface area (Å²) >= 11 is 0. The van der Waals surface area contributed by atoms with Crippen LogP contribution in [-0.2, 0) is 11.2 Å². The summed E-state index contributed by atoms with van der Waals surface area (Å²) in [6, 6.07) is 18.5. The molecule has 0 spiro atoms. The van der Waals surface area contributed by atoms with Crippen LogP contribution in [0.3, 0.4) is 0 Å². The molecule has 0 aromatic heterocycles. The van der Waals surface area contributed by atoms with Gasteiger partial charge in [-0.2, -0.15) is 0 Å². The lowest BCUT2D eigenvalue weighted by Gasteiger charge is -2.25. The van der Waals surface area contributed by atoms with Crippen molar-refractivity contribution in [3.63, 3.8) is 0 Å². The summed E-state index contributed by atoms with van der Waals surface area (Å²) in [7, 11) is 1.70. The first-order chi connectivity index (χ1) is 11.7. The third-order valence-electron chi connectivity index (χ3n) is 5.05. The van der Waals surface area contributed by atoms with E-state index in [1.54, 1.807) is 7.11 Å². The summed E-state index contributed by atoms with van der Waals surface area (Å²) in [4.78, 5) is 14.8. The first-order valence-electron chi connectivity index (χ1n) is 8.68. The van der Waals surface area contributed by atoms with Crippen molar-refractivity contribution in [2.24, 2.45) is 5.92 Å². The van der Waals surface area contributed by atoms with Crippen molar-refractivity contribution in [3.05, 3.63) is 65.7 Å². The van der Waals surface area contributed by atoms with Crippen LogP contribution in [0.4, 0.5) is 0 Å². The first kappa shape index (κ1) is 16.6. The minimum absolute atomic E-state index is 0.126. The number of carbonyl (C=O) groups excluding carboxylic acids is 1. The van der Waals surface area contributed by atoms with Gasteiger partial charge in [0.25, 0.3) is 0 Å². The summed E-state index contributed by atoms with van der Waals surface area (Å²) in [5, 5.41) is 0. The Hall–Kier alpha value is -2.29. The fourth-order valence-corrected chi connectivity index (χ4v) is 3.57. The smallest absolute Gasteiger partial charge is 0.226 e. The molecule has 24 heavy (non-hydrogen) atoms. The highest BCUT2D eigenvalue weighted by molar-refractivity contribution is 5.81. The number of carbonyl (C=O) groups is 1. The number of methoxy groups -OCH3 is 1. The standard InChI is InChI=1S/C21H25NO2/c1-16(17-8-4-3-5-9-17)22-15-14-19(21(22)23)13-12-18-10-6-7-11-20(18)24-2/h3-11,16,19H,12-15H2,1-2H3/t16-,19-/m0/s1. The number of amides is 1. The third kappa shape index (κ3) is 3.45. The van der Waals surface area contributed by atoms with E-state index < -0.39 is 0 Å². The summed E-state index contributed by atoms with van der Waals surface area (Å²) in [6.07, 6.45) is 2.72. The van der Waals surface area contributed by atoms with Crippen molar-refractivity contribution in [1.29, 1.82) is 0 Å². The summed E-state index contributed by atoms with van der Waals surface area (Å²) in [5.74, 6) is 1.33. The van der Waals surface area contributed by atoms with E-state index in [0.29, 0.717) is 5.91 Å². The number of rotatable bonds is 6. The number of aryl methyl sites for hydroxylation is 1. The second-order valence-corrected chi connectivity index (χ2v) is 6.45. The van der Waals surface area contributed by atoms with E-state index in [9.17, 15) is 4.79 Å². The van der Waals surface area contributed by atoms with Gasteiger partial charge >= 0.3 is 0 Å². The van der Waals surface area contributed by atoms with Gasteiger partial charge in [-0.3, -0.25) is 4.79 Å². The van der Waals surface area contributed by atoms with Crippen LogP contribution in [0.15, 0.2) is 54.6 Å². The molecule has 3 nitrogen and oxygen atoms in total. The highest BCUT2D eigenvalue weighted by Gasteiger charge is 2.34. The molecule has 0 radical (unpaired) electrons. The van der Waals surface area contributed by atoms with Gasteiger partial charge in [0.2, 0.25) is 5.91 Å². The van der Waals surface area contributed by atoms with Gasteiger partial charge in [-0.15, -0.1) is 0 Å². The van der Waals surface area contributed by atoms with E-state index in [4.69, 9.17) is 4.74 Å². The van der Waals surface area contributed by atoms with Crippen molar-refractivity contribution >= 4 is 5.91 Å². The van der Waals surface area contributed by atoms with Crippen molar-refractivity contribution in [1.82, 2.24) is 4.90 Å². The topological polar surface area (TPSA) is 29.5 Å². The zero-order valence-corrected chi connectivity index (χ0v) is 14.4. The number of para-hydroxylation sites is 1. The molecular formula is C21H25NO2. The van der Waals surface area contributed by atoms with Gasteiger partial charge < -0.3 is 9.64 Å². The number of nitrogens with zero attached hydrogens (tertiary/aromatic N) is 1. The Balaban J connectivity index is 1.62. The van der Waals surface area contributed by atoms with Crippen LogP contribution in [0.2, 0.25) is 0 Å². The third-order valence-corrected chi connectivity index (χ3v) is 5.05. The second-order valence-electron chi connectivity index (χ2n) is 6.45. The monoisotopic (exact) mass is 323 g/mol. The van der Waals surface area contributed by atoms with Crippen LogP contribution in [0, 0.1) is 5.92 Å². The predicted molar refractivity (Wildman–Crippen MR) is 96.0 cm³/mol. The van der Waals surface area contributed by atoms with E-state index in [0.717, 1.165) is 31.6 Å². The Morgan fingerprint density at radius 3 is 2.58 bits per heavy atom. The van der Waals surface area contributed by atoms with Crippen molar-refractivity contribution in [2.75, 3.05) is 13.7 Å². The minimum Gasteiger partial charge on any atom is -0.496 e. The lowest BCUT2D eigenvalue weighted by molar-refractivity contribution is -0.132. The summed E-state index contributed by atoms with van der Waals surface area (Å²) in [6.45, 7) is 2.97. The van der Waals surface area contributed by atoms with Crippen LogP contribution in [0.1, 0.15) is 36.9 Å². The number of likely N-dealkylation sites (tertiary alicyclic amines) is 1. The molecule has 0 aliphatic carbocycles. The molecular weight excluding hydrogens is 298 g/mol. The van der Waals surface area contributed by atoms with Crippen LogP contribution in [0.25, 0.3) is 0 Å². The average Bonchev–Trinajstić information content (AvgIpc) is 3.01. The molecule has 1 amide bonds. The normalized spacial score (nSPS) is 18.7. The molecule has 0 bridgehead atoms. The molecule has 1 fully saturated rings. The number of hydrogen-bond acceptors (Lipinski definition) is 2. The molecule has 126 valence electrons. The van der Waals surface area contributed by atoms with Crippen LogP contribution in [0.5, 0.6) is 5.75 Å². The van der Waals surface area contributed by atoms with Crippen LogP contribution >= 0.6 is 0 Å². The van der Waals surface area contributed by atoms with E-state index in [1.807, 2.05) is 41.3 Å². The van der Waals surface area contributed by atoms with Crippen molar-refractivity contribution in [3.8, 4) is 5.75 Å². The Labute approximate surface area is 144 Å². The number of benzene rings is 2. The summed E-state index contributed by atoms with van der Waals surface area (Å²) < 4.78 is 5.41. The maximum absolute atomic E-state index is 12.8. The molecule has 2 atom stereocenters. The Bertz CT molecular complexity index is 683. The molecule has 3 rings (SSSR count). The SMILES string of the molecule is COc1ccccc1CC[C@H]1CCN([C@@H](C)c2ccccc2)C1=O. The highest BCUT2D eigenvalue weighted by Crippen LogP contribution is 2.31. The lowest BCUT2D eigenvalue weighted by Crippen LogP contribution is -2.30. The van der Waals surface area contributed by atoms with Crippen molar-refractivity contribution in [2.45, 2.75) is 32.2 Å². The van der Waals surface area contributed by atoms with Gasteiger partial charge in [-0.05, 0) is 43.4 Å². The lowest BCUT2D eigenvalue weighted by atomic mass is 9.97. The fraction of sp³-hybridized carbons (Fsp3) is 0.381. The van der Waals surface area contributed by atoms with E-state index in [1.165, 1.54) is 11.1 Å². The van der Waals surface area contributed by atoms with E-state index in [2.05, 4.69) is 25.1 Å². The first-order valence-corrected chi connectivity index (χ1v) is 8.68. The largest absolute Gasteiger partial charge is 0.496 e. The van der Waals surface area contributed by atoms with E-state index in [-0.39, 0.29) is 12.0 Å². The molecule has 0 N–H and O–H groups in total. The molecule has 0 saturated carbocycles. The molecule has 2 aromatic rings. The van der Waals surface area contributed by atoms with Gasteiger partial charge in [0.05, 0.1) is 13.2 Å². The zero-order valence-electron chi connectivity index (χ0n) is 14.4. The quantitative estimate of drug-likeness (QED) is 0.796. The molecule has 2 aromatic carbocycles. The fourth-order valence-electron chi connectivity index (χ4n) is 3.57. The molecule has 1 aliphatic rings. The summed E-state index contributed by atoms with van der Waals surface area (Å²) in [5.41, 5.74) is 2.39. The van der Waals surface area contributed by atoms with Gasteiger partial charge in [-0.1, -0.05) is 48.5 Å². The molecule has 1 aliphatic heterocycles. The van der Waals surface area contributed by atoms with Crippen LogP contribution < -0.4 is 4.74 Å². The van der Waals surface area contributed by atoms with Gasteiger partial charge in [0, 0.05) is 12.5 Å². The Morgan fingerprint density at radius 1 is 1.12 bits per heavy atom. The predicted octanol–water partition coefficient (Wildman–Crippen LogP) is 4.24. The molecule has 0 unspecified atom stereocenters. The van der Waals surface area contributed by atoms with Crippen molar-refractivity contribution < 1.29 is 9.53 Å².